The number of hydrogen-bond donors (Lipinski definition) is 3. The second-order valence-electron chi connectivity index (χ2n) is 3.59. The van der Waals surface area contributed by atoms with Crippen molar-refractivity contribution in [3.8, 4) is 0 Å². The fraction of sp³-hybridized carbons (Fsp3) is 0.600. The molecule has 0 radical (unpaired) electrons. The van der Waals surface area contributed by atoms with Gasteiger partial charge in [0.2, 0.25) is 5.95 Å². The average Bonchev–Trinajstić information content (AvgIpc) is 2.20. The van der Waals surface area contributed by atoms with Gasteiger partial charge in [0.1, 0.15) is 5.82 Å². The van der Waals surface area contributed by atoms with Gasteiger partial charge in [-0.15, -0.1) is 0 Å². The van der Waals surface area contributed by atoms with Crippen LogP contribution < -0.4 is 17.2 Å². The van der Waals surface area contributed by atoms with Crippen molar-refractivity contribution in [2.24, 2.45) is 5.73 Å². The Balaban J connectivity index is 2.31. The molecule has 0 atom stereocenters. The van der Waals surface area contributed by atoms with Gasteiger partial charge in [-0.2, -0.15) is 4.98 Å². The summed E-state index contributed by atoms with van der Waals surface area (Å²) in [6, 6.07) is 0. The molecule has 6 N–H and O–H groups in total. The monoisotopic (exact) mass is 209 g/mol. The van der Waals surface area contributed by atoms with Gasteiger partial charge in [-0.1, -0.05) is 12.8 Å². The molecule has 0 aliphatic rings. The number of anilines is 2. The molecule has 0 aliphatic heterocycles. The lowest BCUT2D eigenvalue weighted by Crippen LogP contribution is -2.03. The van der Waals surface area contributed by atoms with Gasteiger partial charge in [0.05, 0.1) is 0 Å². The maximum Gasteiger partial charge on any atom is 0.221 e. The number of aromatic nitrogens is 2. The molecule has 1 rings (SSSR count). The standard InChI is InChI=1S/C10H19N5/c11-6-4-2-1-3-5-8-7-14-10(13)15-9(8)12/h7H,1-6,11H2,(H4,12,13,14,15). The van der Waals surface area contributed by atoms with E-state index in [2.05, 4.69) is 9.97 Å². The van der Waals surface area contributed by atoms with Crippen LogP contribution in [0.3, 0.4) is 0 Å². The first-order valence-corrected chi connectivity index (χ1v) is 5.31. The number of unbranched alkanes of at least 4 members (excludes halogenated alkanes) is 3. The van der Waals surface area contributed by atoms with E-state index in [-0.39, 0.29) is 5.95 Å². The normalized spacial score (nSPS) is 10.5. The van der Waals surface area contributed by atoms with Crippen LogP contribution in [0.4, 0.5) is 11.8 Å². The van der Waals surface area contributed by atoms with Gasteiger partial charge in [-0.25, -0.2) is 4.98 Å². The lowest BCUT2D eigenvalue weighted by molar-refractivity contribution is 0.646. The second kappa shape index (κ2) is 6.19. The van der Waals surface area contributed by atoms with Crippen molar-refractivity contribution >= 4 is 11.8 Å². The van der Waals surface area contributed by atoms with Crippen LogP contribution in [0, 0.1) is 0 Å². The minimum atomic E-state index is 0.236. The molecule has 0 saturated carbocycles. The molecule has 0 aromatic carbocycles. The van der Waals surface area contributed by atoms with E-state index in [9.17, 15) is 0 Å². The lowest BCUT2D eigenvalue weighted by atomic mass is 10.1. The van der Waals surface area contributed by atoms with E-state index in [1.165, 1.54) is 12.8 Å². The van der Waals surface area contributed by atoms with E-state index in [0.29, 0.717) is 5.82 Å². The maximum atomic E-state index is 5.71. The maximum absolute atomic E-state index is 5.71. The molecule has 0 amide bonds. The predicted molar refractivity (Wildman–Crippen MR) is 62.1 cm³/mol. The van der Waals surface area contributed by atoms with Gasteiger partial charge in [0.15, 0.2) is 0 Å². The average molecular weight is 209 g/mol. The predicted octanol–water partition coefficient (Wildman–Crippen LogP) is 0.703. The van der Waals surface area contributed by atoms with Gasteiger partial charge in [0.25, 0.3) is 0 Å². The van der Waals surface area contributed by atoms with Crippen LogP contribution in [-0.2, 0) is 6.42 Å². The van der Waals surface area contributed by atoms with Crippen molar-refractivity contribution in [1.29, 1.82) is 0 Å². The summed E-state index contributed by atoms with van der Waals surface area (Å²) in [6.45, 7) is 0.771. The topological polar surface area (TPSA) is 104 Å². The highest BCUT2D eigenvalue weighted by Crippen LogP contribution is 2.12. The summed E-state index contributed by atoms with van der Waals surface area (Å²) < 4.78 is 0. The third kappa shape index (κ3) is 4.12. The highest BCUT2D eigenvalue weighted by molar-refractivity contribution is 5.41. The minimum Gasteiger partial charge on any atom is -0.383 e. The van der Waals surface area contributed by atoms with Crippen molar-refractivity contribution in [3.05, 3.63) is 11.8 Å². The van der Waals surface area contributed by atoms with Crippen LogP contribution in [0.25, 0.3) is 0 Å². The zero-order valence-corrected chi connectivity index (χ0v) is 8.95. The molecule has 0 spiro atoms. The number of nitrogen functional groups attached to an aromatic ring is 2. The zero-order valence-electron chi connectivity index (χ0n) is 8.95. The third-order valence-electron chi connectivity index (χ3n) is 2.32. The van der Waals surface area contributed by atoms with E-state index in [1.54, 1.807) is 6.20 Å². The molecule has 0 aliphatic carbocycles. The van der Waals surface area contributed by atoms with Crippen molar-refractivity contribution in [2.75, 3.05) is 18.0 Å². The molecule has 5 heteroatoms. The van der Waals surface area contributed by atoms with Crippen LogP contribution in [0.15, 0.2) is 6.20 Å². The van der Waals surface area contributed by atoms with E-state index < -0.39 is 0 Å². The van der Waals surface area contributed by atoms with Crippen molar-refractivity contribution < 1.29 is 0 Å². The second-order valence-corrected chi connectivity index (χ2v) is 3.59. The van der Waals surface area contributed by atoms with Gasteiger partial charge >= 0.3 is 0 Å². The summed E-state index contributed by atoms with van der Waals surface area (Å²) in [5, 5.41) is 0. The molecular formula is C10H19N5. The van der Waals surface area contributed by atoms with Gasteiger partial charge in [0, 0.05) is 11.8 Å². The largest absolute Gasteiger partial charge is 0.383 e. The fourth-order valence-electron chi connectivity index (χ4n) is 1.44. The van der Waals surface area contributed by atoms with Crippen molar-refractivity contribution in [3.63, 3.8) is 0 Å². The molecule has 5 nitrogen and oxygen atoms in total. The van der Waals surface area contributed by atoms with Gasteiger partial charge in [-0.3, -0.25) is 0 Å². The summed E-state index contributed by atoms with van der Waals surface area (Å²) in [5.74, 6) is 0.737. The zero-order chi connectivity index (χ0) is 11.1. The Morgan fingerprint density at radius 3 is 2.47 bits per heavy atom. The first-order chi connectivity index (χ1) is 7.24. The first-order valence-electron chi connectivity index (χ1n) is 5.31. The van der Waals surface area contributed by atoms with E-state index >= 15 is 0 Å². The van der Waals surface area contributed by atoms with E-state index in [0.717, 1.165) is 31.4 Å². The molecule has 0 fully saturated rings. The Kier molecular flexibility index (Phi) is 4.83. The van der Waals surface area contributed by atoms with Crippen molar-refractivity contribution in [1.82, 2.24) is 9.97 Å². The fourth-order valence-corrected chi connectivity index (χ4v) is 1.44. The highest BCUT2D eigenvalue weighted by atomic mass is 15.0. The van der Waals surface area contributed by atoms with Crippen LogP contribution in [-0.4, -0.2) is 16.5 Å². The number of aryl methyl sites for hydroxylation is 1. The molecule has 1 aromatic rings. The molecule has 84 valence electrons. The molecule has 0 bridgehead atoms. The summed E-state index contributed by atoms with van der Waals surface area (Å²) in [4.78, 5) is 7.83. The minimum absolute atomic E-state index is 0.236. The van der Waals surface area contributed by atoms with Crippen LogP contribution in [0.2, 0.25) is 0 Å². The first kappa shape index (κ1) is 11.7. The smallest absolute Gasteiger partial charge is 0.221 e. The quantitative estimate of drug-likeness (QED) is 0.598. The SMILES string of the molecule is NCCCCCCc1cnc(N)nc1N. The molecular weight excluding hydrogens is 190 g/mol. The molecule has 1 heterocycles. The Bertz CT molecular complexity index is 300. The Hall–Kier alpha value is -1.36. The van der Waals surface area contributed by atoms with Crippen molar-refractivity contribution in [2.45, 2.75) is 32.1 Å². The number of hydrogen-bond acceptors (Lipinski definition) is 5. The van der Waals surface area contributed by atoms with Gasteiger partial charge < -0.3 is 17.2 Å². The number of rotatable bonds is 6. The Morgan fingerprint density at radius 2 is 1.80 bits per heavy atom. The third-order valence-corrected chi connectivity index (χ3v) is 2.32. The molecule has 1 aromatic heterocycles. The van der Waals surface area contributed by atoms with E-state index in [1.807, 2.05) is 0 Å². The number of nitrogens with zero attached hydrogens (tertiary/aromatic N) is 2. The Morgan fingerprint density at radius 1 is 1.07 bits per heavy atom. The summed E-state index contributed by atoms with van der Waals surface area (Å²) in [6.07, 6.45) is 7.15. The number of nitrogens with two attached hydrogens (primary N) is 3. The highest BCUT2D eigenvalue weighted by Gasteiger charge is 2.01. The summed E-state index contributed by atoms with van der Waals surface area (Å²) >= 11 is 0. The van der Waals surface area contributed by atoms with E-state index in [4.69, 9.17) is 17.2 Å². The van der Waals surface area contributed by atoms with Crippen LogP contribution in [0.5, 0.6) is 0 Å². The summed E-state index contributed by atoms with van der Waals surface area (Å²) in [5.41, 5.74) is 17.5. The molecule has 0 unspecified atom stereocenters. The summed E-state index contributed by atoms with van der Waals surface area (Å²) in [7, 11) is 0. The Labute approximate surface area is 90.1 Å². The molecule has 0 saturated heterocycles. The lowest BCUT2D eigenvalue weighted by Gasteiger charge is -2.04. The van der Waals surface area contributed by atoms with Gasteiger partial charge in [-0.05, 0) is 25.8 Å². The van der Waals surface area contributed by atoms with Crippen LogP contribution >= 0.6 is 0 Å². The van der Waals surface area contributed by atoms with Crippen LogP contribution in [0.1, 0.15) is 31.2 Å². The molecule has 15 heavy (non-hydrogen) atoms.